The van der Waals surface area contributed by atoms with Crippen molar-refractivity contribution in [3.05, 3.63) is 69.8 Å². The van der Waals surface area contributed by atoms with Crippen LogP contribution in [0.3, 0.4) is 0 Å². The lowest BCUT2D eigenvalue weighted by Gasteiger charge is -2.28. The van der Waals surface area contributed by atoms with E-state index in [-0.39, 0.29) is 49.5 Å². The Labute approximate surface area is 306 Å². The number of aromatic amines is 2. The molecule has 2 bridgehead atoms. The Balaban J connectivity index is 1.45. The maximum atomic E-state index is 13.9. The van der Waals surface area contributed by atoms with Crippen molar-refractivity contribution in [1.29, 1.82) is 0 Å². The first kappa shape index (κ1) is 38.1. The van der Waals surface area contributed by atoms with Gasteiger partial charge in [0.1, 0.15) is 22.8 Å². The molecule has 0 spiro atoms. The van der Waals surface area contributed by atoms with Crippen molar-refractivity contribution in [1.82, 2.24) is 50.6 Å². The number of para-hydroxylation sites is 1. The van der Waals surface area contributed by atoms with Crippen molar-refractivity contribution in [2.24, 2.45) is 5.92 Å². The van der Waals surface area contributed by atoms with E-state index in [1.807, 2.05) is 49.9 Å². The van der Waals surface area contributed by atoms with Crippen LogP contribution in [0.2, 0.25) is 0 Å². The number of hydrogen-bond acceptors (Lipinski definition) is 9. The number of rotatable bonds is 6. The van der Waals surface area contributed by atoms with Gasteiger partial charge in [-0.2, -0.15) is 0 Å². The minimum Gasteiger partial charge on any atom is -0.361 e. The van der Waals surface area contributed by atoms with Crippen molar-refractivity contribution in [3.8, 4) is 0 Å². The second kappa shape index (κ2) is 17.0. The summed E-state index contributed by atoms with van der Waals surface area (Å²) in [5, 5.41) is 11.8. The van der Waals surface area contributed by atoms with Crippen LogP contribution in [0.4, 0.5) is 0 Å². The molecule has 1 aliphatic heterocycles. The summed E-state index contributed by atoms with van der Waals surface area (Å²) in [5.74, 6) is -1.93. The molecule has 5 rings (SSSR count). The number of H-pyrrole nitrogens is 2. The summed E-state index contributed by atoms with van der Waals surface area (Å²) in [6.45, 7) is 8.28. The molecule has 4 aromatic rings. The van der Waals surface area contributed by atoms with Crippen molar-refractivity contribution in [2.45, 2.75) is 65.2 Å². The number of amides is 5. The molecule has 1 aromatic carbocycles. The molecule has 5 N–H and O–H groups in total. The maximum absolute atomic E-state index is 13.9. The van der Waals surface area contributed by atoms with Crippen molar-refractivity contribution >= 4 is 51.8 Å². The van der Waals surface area contributed by atoms with E-state index < -0.39 is 35.8 Å². The fourth-order valence-corrected chi connectivity index (χ4v) is 7.12. The second-order valence-electron chi connectivity index (χ2n) is 13.8. The zero-order valence-corrected chi connectivity index (χ0v) is 31.3. The number of aryl methyl sites for hydroxylation is 1. The smallest absolute Gasteiger partial charge is 0.271 e. The molecule has 0 saturated carbocycles. The van der Waals surface area contributed by atoms with Gasteiger partial charge >= 0.3 is 0 Å². The van der Waals surface area contributed by atoms with Gasteiger partial charge in [-0.05, 0) is 37.8 Å². The number of nitrogens with zero attached hydrogens (tertiary/aromatic N) is 5. The third-order valence-corrected chi connectivity index (χ3v) is 10.1. The maximum Gasteiger partial charge on any atom is 0.271 e. The van der Waals surface area contributed by atoms with Crippen LogP contribution < -0.4 is 16.0 Å². The van der Waals surface area contributed by atoms with Crippen LogP contribution in [0.5, 0.6) is 0 Å². The molecule has 3 aromatic heterocycles. The van der Waals surface area contributed by atoms with E-state index in [1.54, 1.807) is 31.9 Å². The number of carbonyl (C=O) groups is 5. The summed E-state index contributed by atoms with van der Waals surface area (Å²) >= 11 is 1.27. The van der Waals surface area contributed by atoms with Crippen LogP contribution >= 0.6 is 11.3 Å². The Bertz CT molecular complexity index is 1900. The zero-order valence-electron chi connectivity index (χ0n) is 30.5. The summed E-state index contributed by atoms with van der Waals surface area (Å²) in [4.78, 5) is 87.7. The lowest BCUT2D eigenvalue weighted by atomic mass is 10.0. The van der Waals surface area contributed by atoms with Gasteiger partial charge in [0, 0.05) is 68.3 Å². The second-order valence-corrected chi connectivity index (χ2v) is 14.7. The molecule has 0 saturated heterocycles. The number of likely N-dealkylation sites (N-methyl/N-ethyl adjacent to an activating group) is 2. The zero-order chi connectivity index (χ0) is 37.5. The lowest BCUT2D eigenvalue weighted by Crippen LogP contribution is -2.53. The van der Waals surface area contributed by atoms with Crippen molar-refractivity contribution < 1.29 is 24.0 Å². The van der Waals surface area contributed by atoms with E-state index in [0.717, 1.165) is 27.9 Å². The summed E-state index contributed by atoms with van der Waals surface area (Å²) in [7, 11) is 3.13. The van der Waals surface area contributed by atoms with Gasteiger partial charge in [-0.3, -0.25) is 28.9 Å². The Morgan fingerprint density at radius 3 is 2.38 bits per heavy atom. The fraction of sp³-hybridized carbons (Fsp3) is 0.472. The van der Waals surface area contributed by atoms with E-state index in [2.05, 4.69) is 35.9 Å². The Morgan fingerprint density at radius 2 is 1.65 bits per heavy atom. The van der Waals surface area contributed by atoms with Gasteiger partial charge in [0.25, 0.3) is 5.91 Å². The van der Waals surface area contributed by atoms with Crippen LogP contribution in [-0.4, -0.2) is 117 Å². The van der Waals surface area contributed by atoms with Crippen LogP contribution in [0.25, 0.3) is 10.9 Å². The molecule has 4 heterocycles. The number of benzene rings is 1. The fourth-order valence-electron chi connectivity index (χ4n) is 6.25. The highest BCUT2D eigenvalue weighted by Gasteiger charge is 2.30. The van der Waals surface area contributed by atoms with E-state index in [9.17, 15) is 24.0 Å². The number of thiazole rings is 1. The number of fused-ring (bicyclic) bond motifs is 3. The molecule has 5 amide bonds. The summed E-state index contributed by atoms with van der Waals surface area (Å²) < 4.78 is 0. The van der Waals surface area contributed by atoms with Gasteiger partial charge < -0.3 is 35.7 Å². The predicted octanol–water partition coefficient (Wildman–Crippen LogP) is 2.14. The highest BCUT2D eigenvalue weighted by atomic mass is 32.1. The third-order valence-electron chi connectivity index (χ3n) is 9.11. The average molecular weight is 733 g/mol. The average Bonchev–Trinajstić information content (AvgIpc) is 3.85. The largest absolute Gasteiger partial charge is 0.361 e. The molecule has 3 atom stereocenters. The standard InChI is InChI=1S/C36H48N10O5S/c1-21(2)13-27-34-43-30(19-52-34)33(49)42-28(14-24-15-37-26-10-8-7-9-25(24)26)36(51)45(6)17-31(47)40-23(4)35(50)44(5)11-12-46(18-32(48)41-27)16-29-22(3)38-20-39-29/h7-10,15,19-21,23,27-28,37H,11-14,16-18H2,1-6H3,(H,38,39)(H,40,47)(H,41,48)(H,42,49)/t23-,27-,28+/m0/s1. The molecule has 0 unspecified atom stereocenters. The minimum absolute atomic E-state index is 0.0257. The molecule has 0 fully saturated rings. The first-order valence-corrected chi connectivity index (χ1v) is 18.3. The first-order valence-electron chi connectivity index (χ1n) is 17.4. The van der Waals surface area contributed by atoms with E-state index in [4.69, 9.17) is 0 Å². The highest BCUT2D eigenvalue weighted by molar-refractivity contribution is 7.09. The SMILES string of the molecule is Cc1[nH]cnc1CN1CCN(C)C(=O)[C@H](C)NC(=O)CN(C)C(=O)[C@@H](Cc2c[nH]c3ccccc23)NC(=O)c2csc(n2)[C@H](CC(C)C)NC(=O)C1. The summed E-state index contributed by atoms with van der Waals surface area (Å²) in [6.07, 6.45) is 4.14. The van der Waals surface area contributed by atoms with Crippen LogP contribution in [0.15, 0.2) is 42.2 Å². The topological polar surface area (TPSA) is 189 Å². The van der Waals surface area contributed by atoms with Crippen LogP contribution in [-0.2, 0) is 32.1 Å². The van der Waals surface area contributed by atoms with Crippen molar-refractivity contribution in [3.63, 3.8) is 0 Å². The number of imidazole rings is 1. The van der Waals surface area contributed by atoms with E-state index >= 15 is 0 Å². The van der Waals surface area contributed by atoms with Crippen molar-refractivity contribution in [2.75, 3.05) is 40.3 Å². The molecule has 278 valence electrons. The summed E-state index contributed by atoms with van der Waals surface area (Å²) in [6, 6.07) is 5.28. The van der Waals surface area contributed by atoms with Gasteiger partial charge in [0.05, 0.1) is 31.2 Å². The quantitative estimate of drug-likeness (QED) is 0.199. The first-order chi connectivity index (χ1) is 24.8. The van der Waals surface area contributed by atoms with Gasteiger partial charge in [-0.25, -0.2) is 9.97 Å². The van der Waals surface area contributed by atoms with Gasteiger partial charge in [-0.15, -0.1) is 11.3 Å². The molecule has 16 heteroatoms. The molecule has 0 aliphatic carbocycles. The summed E-state index contributed by atoms with van der Waals surface area (Å²) in [5.41, 5.74) is 3.48. The monoisotopic (exact) mass is 732 g/mol. The third kappa shape index (κ3) is 9.61. The van der Waals surface area contributed by atoms with Crippen LogP contribution in [0.1, 0.15) is 65.7 Å². The van der Waals surface area contributed by atoms with Gasteiger partial charge in [-0.1, -0.05) is 32.0 Å². The number of aromatic nitrogens is 4. The lowest BCUT2D eigenvalue weighted by molar-refractivity contribution is -0.138. The van der Waals surface area contributed by atoms with E-state index in [1.165, 1.54) is 28.2 Å². The van der Waals surface area contributed by atoms with Crippen LogP contribution in [0, 0.1) is 12.8 Å². The minimum atomic E-state index is -1.04. The number of nitrogens with one attached hydrogen (secondary N) is 5. The molecule has 15 nitrogen and oxygen atoms in total. The molecular formula is C36H48N10O5S. The Hall–Kier alpha value is -5.09. The van der Waals surface area contributed by atoms with Gasteiger partial charge in [0.2, 0.25) is 23.6 Å². The molecule has 0 radical (unpaired) electrons. The number of hydrogen-bond donors (Lipinski definition) is 5. The Kier molecular flexibility index (Phi) is 12.4. The molecular weight excluding hydrogens is 685 g/mol. The van der Waals surface area contributed by atoms with Gasteiger partial charge in [0.15, 0.2) is 0 Å². The normalized spacial score (nSPS) is 20.9. The Morgan fingerprint density at radius 1 is 0.904 bits per heavy atom. The molecule has 1 aliphatic rings. The predicted molar refractivity (Wildman–Crippen MR) is 197 cm³/mol. The molecule has 52 heavy (non-hydrogen) atoms. The van der Waals surface area contributed by atoms with E-state index in [0.29, 0.717) is 24.5 Å². The highest BCUT2D eigenvalue weighted by Crippen LogP contribution is 2.25. The number of carbonyl (C=O) groups excluding carboxylic acids is 5.